The molecular formula is C13H18N2O3S. The molecule has 0 aliphatic heterocycles. The molecule has 1 atom stereocenters. The molecule has 1 aromatic carbocycles. The number of methoxy groups -OCH3 is 1. The highest BCUT2D eigenvalue weighted by Gasteiger charge is 2.18. The number of carbonyl (C=O) groups is 2. The Morgan fingerprint density at radius 3 is 2.68 bits per heavy atom. The molecule has 0 bridgehead atoms. The quantitative estimate of drug-likeness (QED) is 0.811. The Labute approximate surface area is 117 Å². The first-order valence-corrected chi connectivity index (χ1v) is 6.84. The van der Waals surface area contributed by atoms with E-state index in [-0.39, 0.29) is 11.2 Å². The van der Waals surface area contributed by atoms with Crippen molar-refractivity contribution in [2.24, 2.45) is 0 Å². The van der Waals surface area contributed by atoms with Crippen LogP contribution in [-0.2, 0) is 4.79 Å². The normalized spacial score (nSPS) is 11.5. The van der Waals surface area contributed by atoms with E-state index >= 15 is 0 Å². The minimum atomic E-state index is -0.472. The molecule has 0 fully saturated rings. The summed E-state index contributed by atoms with van der Waals surface area (Å²) in [6, 6.07) is 6.97. The second-order valence-corrected chi connectivity index (χ2v) is 5.14. The van der Waals surface area contributed by atoms with Gasteiger partial charge in [0.15, 0.2) is 0 Å². The molecule has 0 spiro atoms. The smallest absolute Gasteiger partial charge is 0.321 e. The second kappa shape index (κ2) is 7.68. The largest absolute Gasteiger partial charge is 0.496 e. The molecule has 5 nitrogen and oxygen atoms in total. The molecule has 0 aromatic heterocycles. The van der Waals surface area contributed by atoms with Crippen LogP contribution in [0.2, 0.25) is 0 Å². The Hall–Kier alpha value is -1.69. The number of nitrogens with one attached hydrogen (secondary N) is 2. The van der Waals surface area contributed by atoms with Gasteiger partial charge in [0.2, 0.25) is 5.91 Å². The maximum Gasteiger partial charge on any atom is 0.321 e. The standard InChI is InChI=1S/C13H18N2O3S/c1-4-14-13(17)15-12(16)9(2)19-11-8-6-5-7-10(11)18-3/h5-9H,4H2,1-3H3,(H2,14,15,16,17)/t9-/m0/s1. The number of hydrogen-bond acceptors (Lipinski definition) is 4. The fourth-order valence-corrected chi connectivity index (χ4v) is 2.35. The molecule has 104 valence electrons. The van der Waals surface area contributed by atoms with Crippen LogP contribution < -0.4 is 15.4 Å². The topological polar surface area (TPSA) is 67.4 Å². The lowest BCUT2D eigenvalue weighted by atomic mass is 10.3. The first kappa shape index (κ1) is 15.4. The van der Waals surface area contributed by atoms with Crippen LogP contribution >= 0.6 is 11.8 Å². The number of imide groups is 1. The molecule has 0 aliphatic rings. The number of urea groups is 1. The minimum Gasteiger partial charge on any atom is -0.496 e. The van der Waals surface area contributed by atoms with Gasteiger partial charge < -0.3 is 10.1 Å². The molecule has 1 rings (SSSR count). The number of thioether (sulfide) groups is 1. The molecule has 0 heterocycles. The van der Waals surface area contributed by atoms with E-state index in [2.05, 4.69) is 10.6 Å². The summed E-state index contributed by atoms with van der Waals surface area (Å²) in [6.07, 6.45) is 0. The zero-order chi connectivity index (χ0) is 14.3. The Balaban J connectivity index is 2.61. The zero-order valence-corrected chi connectivity index (χ0v) is 12.0. The predicted octanol–water partition coefficient (Wildman–Crippen LogP) is 2.02. The third-order valence-electron chi connectivity index (χ3n) is 2.32. The van der Waals surface area contributed by atoms with E-state index in [0.29, 0.717) is 12.3 Å². The van der Waals surface area contributed by atoms with Crippen molar-refractivity contribution < 1.29 is 14.3 Å². The molecule has 2 N–H and O–H groups in total. The predicted molar refractivity (Wildman–Crippen MR) is 75.5 cm³/mol. The van der Waals surface area contributed by atoms with Gasteiger partial charge in [-0.25, -0.2) is 4.79 Å². The highest BCUT2D eigenvalue weighted by Crippen LogP contribution is 2.31. The van der Waals surface area contributed by atoms with Crippen LogP contribution in [0.25, 0.3) is 0 Å². The fourth-order valence-electron chi connectivity index (χ4n) is 1.38. The fraction of sp³-hybridized carbons (Fsp3) is 0.385. The van der Waals surface area contributed by atoms with Crippen molar-refractivity contribution in [2.75, 3.05) is 13.7 Å². The zero-order valence-electron chi connectivity index (χ0n) is 11.2. The van der Waals surface area contributed by atoms with Crippen molar-refractivity contribution in [1.29, 1.82) is 0 Å². The van der Waals surface area contributed by atoms with Crippen LogP contribution in [0.15, 0.2) is 29.2 Å². The van der Waals surface area contributed by atoms with E-state index in [0.717, 1.165) is 4.90 Å². The van der Waals surface area contributed by atoms with Crippen molar-refractivity contribution in [2.45, 2.75) is 24.0 Å². The minimum absolute atomic E-state index is 0.332. The summed E-state index contributed by atoms with van der Waals surface area (Å²) in [7, 11) is 1.58. The van der Waals surface area contributed by atoms with Gasteiger partial charge in [-0.3, -0.25) is 10.1 Å². The van der Waals surface area contributed by atoms with E-state index in [9.17, 15) is 9.59 Å². The third-order valence-corrected chi connectivity index (χ3v) is 3.47. The number of para-hydroxylation sites is 1. The lowest BCUT2D eigenvalue weighted by molar-refractivity contribution is -0.119. The molecular weight excluding hydrogens is 264 g/mol. The van der Waals surface area contributed by atoms with Crippen molar-refractivity contribution in [3.63, 3.8) is 0 Å². The maximum atomic E-state index is 11.8. The van der Waals surface area contributed by atoms with Gasteiger partial charge in [0.05, 0.1) is 17.3 Å². The summed E-state index contributed by atoms with van der Waals surface area (Å²) in [5, 5.41) is 4.41. The number of benzene rings is 1. The van der Waals surface area contributed by atoms with Gasteiger partial charge in [-0.05, 0) is 26.0 Å². The molecule has 3 amide bonds. The lowest BCUT2D eigenvalue weighted by Crippen LogP contribution is -2.42. The Bertz CT molecular complexity index is 451. The van der Waals surface area contributed by atoms with Crippen molar-refractivity contribution in [3.8, 4) is 5.75 Å². The van der Waals surface area contributed by atoms with Gasteiger partial charge in [-0.2, -0.15) is 0 Å². The third kappa shape index (κ3) is 4.82. The number of rotatable bonds is 5. The summed E-state index contributed by atoms with van der Waals surface area (Å²) in [6.45, 7) is 4.01. The molecule has 19 heavy (non-hydrogen) atoms. The number of carbonyl (C=O) groups excluding carboxylic acids is 2. The Morgan fingerprint density at radius 2 is 2.05 bits per heavy atom. The number of ether oxygens (including phenoxy) is 1. The van der Waals surface area contributed by atoms with Crippen LogP contribution in [0.3, 0.4) is 0 Å². The van der Waals surface area contributed by atoms with E-state index < -0.39 is 6.03 Å². The summed E-state index contributed by atoms with van der Waals surface area (Å²) < 4.78 is 5.21. The van der Waals surface area contributed by atoms with Crippen molar-refractivity contribution >= 4 is 23.7 Å². The molecule has 0 saturated heterocycles. The van der Waals surface area contributed by atoms with Gasteiger partial charge in [-0.15, -0.1) is 11.8 Å². The van der Waals surface area contributed by atoms with Gasteiger partial charge in [-0.1, -0.05) is 12.1 Å². The summed E-state index contributed by atoms with van der Waals surface area (Å²) in [4.78, 5) is 23.9. The summed E-state index contributed by atoms with van der Waals surface area (Å²) in [5.74, 6) is 0.381. The van der Waals surface area contributed by atoms with E-state index in [1.807, 2.05) is 24.3 Å². The molecule has 0 radical (unpaired) electrons. The number of amides is 3. The second-order valence-electron chi connectivity index (χ2n) is 3.76. The average molecular weight is 282 g/mol. The molecule has 0 unspecified atom stereocenters. The van der Waals surface area contributed by atoms with Crippen molar-refractivity contribution in [3.05, 3.63) is 24.3 Å². The van der Waals surface area contributed by atoms with Crippen LogP contribution in [0.4, 0.5) is 4.79 Å². The first-order chi connectivity index (χ1) is 9.08. The van der Waals surface area contributed by atoms with E-state index in [4.69, 9.17) is 4.74 Å². The van der Waals surface area contributed by atoms with Crippen LogP contribution in [0, 0.1) is 0 Å². The maximum absolute atomic E-state index is 11.8. The van der Waals surface area contributed by atoms with Gasteiger partial charge in [0.1, 0.15) is 5.75 Å². The Morgan fingerprint density at radius 1 is 1.37 bits per heavy atom. The SMILES string of the molecule is CCNC(=O)NC(=O)[C@H](C)Sc1ccccc1OC. The van der Waals surface area contributed by atoms with Crippen LogP contribution in [0.1, 0.15) is 13.8 Å². The first-order valence-electron chi connectivity index (χ1n) is 5.96. The summed E-state index contributed by atoms with van der Waals surface area (Å²) in [5.41, 5.74) is 0. The van der Waals surface area contributed by atoms with Gasteiger partial charge >= 0.3 is 6.03 Å². The monoisotopic (exact) mass is 282 g/mol. The van der Waals surface area contributed by atoms with Gasteiger partial charge in [0.25, 0.3) is 0 Å². The lowest BCUT2D eigenvalue weighted by Gasteiger charge is -2.13. The molecule has 1 aromatic rings. The van der Waals surface area contributed by atoms with E-state index in [1.54, 1.807) is 21.0 Å². The molecule has 6 heteroatoms. The van der Waals surface area contributed by atoms with Gasteiger partial charge in [0, 0.05) is 6.54 Å². The summed E-state index contributed by atoms with van der Waals surface area (Å²) >= 11 is 1.35. The highest BCUT2D eigenvalue weighted by molar-refractivity contribution is 8.00. The van der Waals surface area contributed by atoms with Crippen molar-refractivity contribution in [1.82, 2.24) is 10.6 Å². The molecule has 0 aliphatic carbocycles. The Kier molecular flexibility index (Phi) is 6.21. The van der Waals surface area contributed by atoms with Crippen LogP contribution in [-0.4, -0.2) is 30.8 Å². The number of hydrogen-bond donors (Lipinski definition) is 2. The average Bonchev–Trinajstić information content (AvgIpc) is 2.39. The highest BCUT2D eigenvalue weighted by atomic mass is 32.2. The van der Waals surface area contributed by atoms with Crippen LogP contribution in [0.5, 0.6) is 5.75 Å². The van der Waals surface area contributed by atoms with E-state index in [1.165, 1.54) is 11.8 Å². The molecule has 0 saturated carbocycles.